The zero-order chi connectivity index (χ0) is 18.0. The largest absolute Gasteiger partial charge is 0.464 e. The van der Waals surface area contributed by atoms with Gasteiger partial charge in [0.05, 0.1) is 12.0 Å². The fraction of sp³-hybridized carbons (Fsp3) is 0.292. The summed E-state index contributed by atoms with van der Waals surface area (Å²) in [6.45, 7) is 2.37. The predicted molar refractivity (Wildman–Crippen MR) is 111 cm³/mol. The molecule has 0 spiro atoms. The molecule has 3 heterocycles. The molecule has 0 amide bonds. The number of hydrogen-bond acceptors (Lipinski definition) is 3. The van der Waals surface area contributed by atoms with E-state index in [4.69, 9.17) is 9.40 Å². The molecular formula is C24H21NOS. The quantitative estimate of drug-likeness (QED) is 0.384. The lowest BCUT2D eigenvalue weighted by molar-refractivity contribution is 0.509. The summed E-state index contributed by atoms with van der Waals surface area (Å²) in [6.07, 6.45) is 7.49. The normalized spacial score (nSPS) is 18.2. The van der Waals surface area contributed by atoms with Gasteiger partial charge in [-0.05, 0) is 66.8 Å². The summed E-state index contributed by atoms with van der Waals surface area (Å²) in [5, 5.41) is 1.35. The third-order valence-electron chi connectivity index (χ3n) is 6.20. The average Bonchev–Trinajstić information content (AvgIpc) is 3.33. The van der Waals surface area contributed by atoms with Gasteiger partial charge in [-0.3, -0.25) is 0 Å². The molecular weight excluding hydrogens is 350 g/mol. The molecule has 0 saturated carbocycles. The van der Waals surface area contributed by atoms with E-state index >= 15 is 0 Å². The molecule has 0 bridgehead atoms. The highest BCUT2D eigenvalue weighted by Gasteiger charge is 2.29. The molecule has 0 fully saturated rings. The number of aromatic nitrogens is 1. The van der Waals surface area contributed by atoms with E-state index in [2.05, 4.69) is 37.3 Å². The van der Waals surface area contributed by atoms with Crippen molar-refractivity contribution in [2.75, 3.05) is 0 Å². The lowest BCUT2D eigenvalue weighted by atomic mass is 9.82. The van der Waals surface area contributed by atoms with Crippen molar-refractivity contribution in [1.82, 2.24) is 4.98 Å². The van der Waals surface area contributed by atoms with E-state index in [1.165, 1.54) is 56.6 Å². The third-order valence-corrected chi connectivity index (χ3v) is 7.35. The van der Waals surface area contributed by atoms with E-state index in [0.717, 1.165) is 30.9 Å². The summed E-state index contributed by atoms with van der Waals surface area (Å²) in [6, 6.07) is 12.9. The fourth-order valence-electron chi connectivity index (χ4n) is 4.89. The summed E-state index contributed by atoms with van der Waals surface area (Å²) in [5.74, 6) is 1.75. The van der Waals surface area contributed by atoms with Gasteiger partial charge in [-0.1, -0.05) is 31.2 Å². The van der Waals surface area contributed by atoms with Crippen molar-refractivity contribution in [2.45, 2.75) is 39.0 Å². The van der Waals surface area contributed by atoms with Crippen LogP contribution in [0.15, 0.2) is 47.1 Å². The van der Waals surface area contributed by atoms with Crippen LogP contribution in [0.1, 0.15) is 35.0 Å². The van der Waals surface area contributed by atoms with Crippen LogP contribution in [0.5, 0.6) is 0 Å². The molecule has 2 aliphatic carbocycles. The number of pyridine rings is 1. The highest BCUT2D eigenvalue weighted by Crippen LogP contribution is 2.48. The van der Waals surface area contributed by atoms with E-state index in [1.54, 1.807) is 11.1 Å². The van der Waals surface area contributed by atoms with Crippen LogP contribution < -0.4 is 0 Å². The lowest BCUT2D eigenvalue weighted by Crippen LogP contribution is -2.10. The van der Waals surface area contributed by atoms with Crippen LogP contribution in [-0.4, -0.2) is 4.98 Å². The lowest BCUT2D eigenvalue weighted by Gasteiger charge is -2.23. The second kappa shape index (κ2) is 5.80. The molecule has 0 aliphatic heterocycles. The Morgan fingerprint density at radius 3 is 2.85 bits per heavy atom. The molecule has 2 aliphatic rings. The molecule has 27 heavy (non-hydrogen) atoms. The van der Waals surface area contributed by atoms with Crippen molar-refractivity contribution >= 4 is 21.6 Å². The van der Waals surface area contributed by atoms with Crippen molar-refractivity contribution in [2.24, 2.45) is 5.92 Å². The molecule has 1 unspecified atom stereocenters. The molecule has 1 aromatic carbocycles. The average molecular weight is 372 g/mol. The Kier molecular flexibility index (Phi) is 3.36. The van der Waals surface area contributed by atoms with Crippen molar-refractivity contribution < 1.29 is 4.42 Å². The highest BCUT2D eigenvalue weighted by molar-refractivity contribution is 7.19. The summed E-state index contributed by atoms with van der Waals surface area (Å²) >= 11 is 1.92. The number of benzene rings is 1. The summed E-state index contributed by atoms with van der Waals surface area (Å²) in [7, 11) is 0. The Labute approximate surface area is 162 Å². The van der Waals surface area contributed by atoms with Crippen LogP contribution in [0.2, 0.25) is 0 Å². The maximum absolute atomic E-state index is 5.97. The minimum absolute atomic E-state index is 0.771. The van der Waals surface area contributed by atoms with Crippen LogP contribution >= 0.6 is 11.3 Å². The highest BCUT2D eigenvalue weighted by atomic mass is 32.1. The maximum atomic E-state index is 5.97. The standard InChI is InChI=1S/C24H21NOS/c1-14-8-10-17-20(13-14)27-24-22(17)23(19-7-4-12-26-19)21-16-6-3-2-5-15(16)9-11-18(21)25-24/h2-7,12,14H,8-11,13H2,1H3. The van der Waals surface area contributed by atoms with Gasteiger partial charge < -0.3 is 4.42 Å². The van der Waals surface area contributed by atoms with E-state index in [9.17, 15) is 0 Å². The third kappa shape index (κ3) is 2.28. The van der Waals surface area contributed by atoms with Gasteiger partial charge in [0.15, 0.2) is 0 Å². The van der Waals surface area contributed by atoms with Crippen LogP contribution in [0.4, 0.5) is 0 Å². The first-order valence-electron chi connectivity index (χ1n) is 9.89. The van der Waals surface area contributed by atoms with Gasteiger partial charge in [0.1, 0.15) is 10.6 Å². The second-order valence-corrected chi connectivity index (χ2v) is 9.06. The van der Waals surface area contributed by atoms with E-state index in [1.807, 2.05) is 17.4 Å². The fourth-order valence-corrected chi connectivity index (χ4v) is 6.31. The van der Waals surface area contributed by atoms with Gasteiger partial charge in [-0.2, -0.15) is 0 Å². The molecule has 0 saturated heterocycles. The van der Waals surface area contributed by atoms with Gasteiger partial charge in [0.2, 0.25) is 0 Å². The van der Waals surface area contributed by atoms with Crippen molar-refractivity contribution in [1.29, 1.82) is 0 Å². The second-order valence-electron chi connectivity index (χ2n) is 7.97. The van der Waals surface area contributed by atoms with Gasteiger partial charge in [-0.15, -0.1) is 11.3 Å². The molecule has 4 aromatic rings. The number of aryl methyl sites for hydroxylation is 3. The first kappa shape index (κ1) is 15.6. The zero-order valence-electron chi connectivity index (χ0n) is 15.4. The Hall–Kier alpha value is -2.39. The van der Waals surface area contributed by atoms with Gasteiger partial charge in [-0.25, -0.2) is 4.98 Å². The molecule has 2 nitrogen and oxygen atoms in total. The molecule has 0 radical (unpaired) electrons. The SMILES string of the molecule is CC1CCc2c(sc3nc4c(c(-c5ccco5)c23)-c2ccccc2CC4)C1. The molecule has 3 aromatic heterocycles. The number of thiophene rings is 1. The summed E-state index contributed by atoms with van der Waals surface area (Å²) in [4.78, 5) is 7.94. The Morgan fingerprint density at radius 1 is 1.04 bits per heavy atom. The van der Waals surface area contributed by atoms with Crippen LogP contribution in [0, 0.1) is 5.92 Å². The summed E-state index contributed by atoms with van der Waals surface area (Å²) in [5.41, 5.74) is 8.11. The van der Waals surface area contributed by atoms with Gasteiger partial charge in [0.25, 0.3) is 0 Å². The molecule has 3 heteroatoms. The monoisotopic (exact) mass is 371 g/mol. The Balaban J connectivity index is 1.76. The van der Waals surface area contributed by atoms with Crippen molar-refractivity contribution in [3.63, 3.8) is 0 Å². The van der Waals surface area contributed by atoms with Crippen molar-refractivity contribution in [3.05, 3.63) is 64.4 Å². The molecule has 6 rings (SSSR count). The van der Waals surface area contributed by atoms with Crippen LogP contribution in [0.3, 0.4) is 0 Å². The van der Waals surface area contributed by atoms with Gasteiger partial charge >= 0.3 is 0 Å². The van der Waals surface area contributed by atoms with Gasteiger partial charge in [0, 0.05) is 21.4 Å². The van der Waals surface area contributed by atoms with Crippen LogP contribution in [-0.2, 0) is 25.7 Å². The number of fused-ring (bicyclic) bond motifs is 6. The summed E-state index contributed by atoms with van der Waals surface area (Å²) < 4.78 is 5.97. The first-order chi connectivity index (χ1) is 13.3. The van der Waals surface area contributed by atoms with Crippen molar-refractivity contribution in [3.8, 4) is 22.5 Å². The molecule has 0 N–H and O–H groups in total. The van der Waals surface area contributed by atoms with E-state index in [-0.39, 0.29) is 0 Å². The predicted octanol–water partition coefficient (Wildman–Crippen LogP) is 6.45. The Bertz CT molecular complexity index is 1170. The van der Waals surface area contributed by atoms with E-state index in [0.29, 0.717) is 0 Å². The minimum Gasteiger partial charge on any atom is -0.464 e. The molecule has 134 valence electrons. The maximum Gasteiger partial charge on any atom is 0.135 e. The van der Waals surface area contributed by atoms with Crippen LogP contribution in [0.25, 0.3) is 32.7 Å². The number of furan rings is 1. The minimum atomic E-state index is 0.771. The zero-order valence-corrected chi connectivity index (χ0v) is 16.2. The number of rotatable bonds is 1. The first-order valence-corrected chi connectivity index (χ1v) is 10.7. The number of nitrogens with zero attached hydrogens (tertiary/aromatic N) is 1. The van der Waals surface area contributed by atoms with E-state index < -0.39 is 0 Å². The smallest absolute Gasteiger partial charge is 0.135 e. The topological polar surface area (TPSA) is 26.0 Å². The number of hydrogen-bond donors (Lipinski definition) is 0. The molecule has 1 atom stereocenters. The Morgan fingerprint density at radius 2 is 1.96 bits per heavy atom.